The summed E-state index contributed by atoms with van der Waals surface area (Å²) in [5.74, 6) is 0. The van der Waals surface area contributed by atoms with Crippen molar-refractivity contribution in [1.29, 1.82) is 0 Å². The van der Waals surface area contributed by atoms with Gasteiger partial charge in [0.25, 0.3) is 0 Å². The minimum atomic E-state index is -0.0845. The Morgan fingerprint density at radius 1 is 0.875 bits per heavy atom. The van der Waals surface area contributed by atoms with Crippen molar-refractivity contribution in [2.45, 2.75) is 86.6 Å². The second-order valence-electron chi connectivity index (χ2n) is 7.98. The summed E-state index contributed by atoms with van der Waals surface area (Å²) >= 11 is 7.57. The Hall–Kier alpha value is -0.320. The van der Waals surface area contributed by atoms with Crippen LogP contribution < -0.4 is 0 Å². The van der Waals surface area contributed by atoms with Crippen molar-refractivity contribution < 1.29 is 0 Å². The number of rotatable bonds is 4. The summed E-state index contributed by atoms with van der Waals surface area (Å²) in [6.07, 6.45) is 17.8. The Balaban J connectivity index is 1.67. The van der Waals surface area contributed by atoms with Gasteiger partial charge in [-0.1, -0.05) is 70.0 Å². The van der Waals surface area contributed by atoms with Crippen LogP contribution >= 0.6 is 19.5 Å². The summed E-state index contributed by atoms with van der Waals surface area (Å²) in [7, 11) is -0.0845. The molecule has 0 saturated heterocycles. The average molecular weight is 361 g/mol. The maximum atomic E-state index is 7.57. The molecule has 3 aliphatic rings. The maximum absolute atomic E-state index is 7.57. The number of halogens is 1. The molecule has 3 fully saturated rings. The molecule has 1 atom stereocenters. The lowest BCUT2D eigenvalue weighted by molar-refractivity contribution is 0.773. The molecule has 0 aromatic heterocycles. The van der Waals surface area contributed by atoms with Crippen molar-refractivity contribution in [2.24, 2.45) is 0 Å². The van der Waals surface area contributed by atoms with Gasteiger partial charge in [-0.3, -0.25) is 0 Å². The van der Waals surface area contributed by atoms with Gasteiger partial charge in [-0.2, -0.15) is 0 Å². The predicted molar refractivity (Wildman–Crippen MR) is 108 cm³/mol. The van der Waals surface area contributed by atoms with Gasteiger partial charge in [0.2, 0.25) is 0 Å². The molecule has 0 heterocycles. The fourth-order valence-electron chi connectivity index (χ4n) is 5.34. The van der Waals surface area contributed by atoms with Crippen LogP contribution in [0.25, 0.3) is 6.08 Å². The Morgan fingerprint density at radius 2 is 1.46 bits per heavy atom. The van der Waals surface area contributed by atoms with Crippen LogP contribution in [0.4, 0.5) is 0 Å². The molecule has 0 amide bonds. The molecule has 1 unspecified atom stereocenters. The van der Waals surface area contributed by atoms with Gasteiger partial charge >= 0.3 is 0 Å². The monoisotopic (exact) mass is 360 g/mol. The first-order chi connectivity index (χ1) is 11.8. The Morgan fingerprint density at radius 3 is 2.04 bits per heavy atom. The van der Waals surface area contributed by atoms with E-state index in [9.17, 15) is 0 Å². The lowest BCUT2D eigenvalue weighted by atomic mass is 10.1. The largest absolute Gasteiger partial charge is 0.109 e. The van der Waals surface area contributed by atoms with E-state index >= 15 is 0 Å². The first-order valence-corrected chi connectivity index (χ1v) is 11.9. The third kappa shape index (κ3) is 3.34. The van der Waals surface area contributed by atoms with Gasteiger partial charge in [0.1, 0.15) is 0 Å². The highest BCUT2D eigenvalue weighted by Crippen LogP contribution is 2.72. The second-order valence-corrected chi connectivity index (χ2v) is 11.9. The Bertz CT molecular complexity index is 553. The molecule has 3 aliphatic carbocycles. The summed E-state index contributed by atoms with van der Waals surface area (Å²) in [5, 5.41) is 0. The minimum Gasteiger partial charge on any atom is -0.109 e. The fourth-order valence-corrected chi connectivity index (χ4v) is 11.0. The third-order valence-electron chi connectivity index (χ3n) is 6.43. The first-order valence-electron chi connectivity index (χ1n) is 10.0. The smallest absolute Gasteiger partial charge is 0.0855 e. The van der Waals surface area contributed by atoms with E-state index in [0.717, 1.165) is 11.3 Å². The van der Waals surface area contributed by atoms with Gasteiger partial charge in [-0.25, -0.2) is 0 Å². The summed E-state index contributed by atoms with van der Waals surface area (Å²) in [5.41, 5.74) is 4.79. The van der Waals surface area contributed by atoms with E-state index in [-0.39, 0.29) is 12.5 Å². The SMILES string of the molecule is ClC1(P(C2CCCC2)C2CCCC2)CCCC1=Cc1ccccc1. The van der Waals surface area contributed by atoms with Crippen LogP contribution in [-0.2, 0) is 0 Å². The summed E-state index contributed by atoms with van der Waals surface area (Å²) in [4.78, 5) is 0. The van der Waals surface area contributed by atoms with E-state index in [0.29, 0.717) is 0 Å². The summed E-state index contributed by atoms with van der Waals surface area (Å²) in [6.45, 7) is 0. The van der Waals surface area contributed by atoms with Crippen LogP contribution in [0, 0.1) is 0 Å². The highest BCUT2D eigenvalue weighted by molar-refractivity contribution is 7.63. The van der Waals surface area contributed by atoms with Crippen LogP contribution in [0.5, 0.6) is 0 Å². The molecule has 0 spiro atoms. The van der Waals surface area contributed by atoms with Gasteiger partial charge in [-0.05, 0) is 67.4 Å². The van der Waals surface area contributed by atoms with Crippen molar-refractivity contribution >= 4 is 25.6 Å². The summed E-state index contributed by atoms with van der Waals surface area (Å²) < 4.78 is 0.00912. The number of allylic oxidation sites excluding steroid dienone is 1. The predicted octanol–water partition coefficient (Wildman–Crippen LogP) is 7.56. The van der Waals surface area contributed by atoms with E-state index in [2.05, 4.69) is 36.4 Å². The lowest BCUT2D eigenvalue weighted by Crippen LogP contribution is -2.27. The maximum Gasteiger partial charge on any atom is 0.0855 e. The normalized spacial score (nSPS) is 30.8. The third-order valence-corrected chi connectivity index (χ3v) is 11.4. The van der Waals surface area contributed by atoms with Crippen LogP contribution in [0.3, 0.4) is 0 Å². The van der Waals surface area contributed by atoms with Crippen molar-refractivity contribution in [3.8, 4) is 0 Å². The van der Waals surface area contributed by atoms with Crippen molar-refractivity contribution in [2.75, 3.05) is 0 Å². The number of hydrogen-bond donors (Lipinski definition) is 0. The molecule has 130 valence electrons. The van der Waals surface area contributed by atoms with Crippen molar-refractivity contribution in [3.63, 3.8) is 0 Å². The standard InChI is InChI=1S/C22H30ClP/c23-22(16-8-11-19(22)17-18-9-2-1-3-10-18)24(20-12-4-5-13-20)21-14-6-7-15-21/h1-3,9-10,17,20-21H,4-8,11-16H2. The van der Waals surface area contributed by atoms with E-state index in [1.807, 2.05) is 0 Å². The molecule has 0 N–H and O–H groups in total. The van der Waals surface area contributed by atoms with E-state index < -0.39 is 0 Å². The second kappa shape index (κ2) is 7.51. The summed E-state index contributed by atoms with van der Waals surface area (Å²) in [6, 6.07) is 10.9. The van der Waals surface area contributed by atoms with Gasteiger partial charge in [0.05, 0.1) is 4.62 Å². The van der Waals surface area contributed by atoms with Crippen LogP contribution in [-0.4, -0.2) is 15.9 Å². The lowest BCUT2D eigenvalue weighted by Gasteiger charge is -2.42. The molecule has 0 bridgehead atoms. The van der Waals surface area contributed by atoms with Crippen LogP contribution in [0.2, 0.25) is 0 Å². The minimum absolute atomic E-state index is 0.00912. The van der Waals surface area contributed by atoms with Crippen LogP contribution in [0.15, 0.2) is 35.9 Å². The van der Waals surface area contributed by atoms with Gasteiger partial charge in [-0.15, -0.1) is 11.6 Å². The van der Waals surface area contributed by atoms with Crippen LogP contribution in [0.1, 0.15) is 76.2 Å². The molecular formula is C22H30ClP. The molecule has 0 radical (unpaired) electrons. The zero-order valence-corrected chi connectivity index (χ0v) is 16.4. The molecule has 24 heavy (non-hydrogen) atoms. The zero-order chi connectivity index (χ0) is 16.4. The quantitative estimate of drug-likeness (QED) is 0.384. The van der Waals surface area contributed by atoms with E-state index in [1.165, 1.54) is 76.2 Å². The highest BCUT2D eigenvalue weighted by Gasteiger charge is 2.50. The molecule has 1 aromatic rings. The molecule has 0 nitrogen and oxygen atoms in total. The molecule has 1 aromatic carbocycles. The molecule has 3 saturated carbocycles. The van der Waals surface area contributed by atoms with Crippen molar-refractivity contribution in [1.82, 2.24) is 0 Å². The highest BCUT2D eigenvalue weighted by atomic mass is 35.5. The number of alkyl halides is 1. The zero-order valence-electron chi connectivity index (χ0n) is 14.7. The fraction of sp³-hybridized carbons (Fsp3) is 0.636. The van der Waals surface area contributed by atoms with E-state index in [1.54, 1.807) is 5.57 Å². The van der Waals surface area contributed by atoms with Gasteiger partial charge in [0.15, 0.2) is 0 Å². The van der Waals surface area contributed by atoms with Crippen molar-refractivity contribution in [3.05, 3.63) is 41.5 Å². The first kappa shape index (κ1) is 17.1. The average Bonchev–Trinajstić information content (AvgIpc) is 3.34. The van der Waals surface area contributed by atoms with E-state index in [4.69, 9.17) is 11.6 Å². The molecule has 0 aliphatic heterocycles. The Labute approximate surface area is 153 Å². The number of hydrogen-bond acceptors (Lipinski definition) is 0. The molecule has 2 heteroatoms. The number of benzene rings is 1. The van der Waals surface area contributed by atoms with Gasteiger partial charge < -0.3 is 0 Å². The van der Waals surface area contributed by atoms with Gasteiger partial charge in [0, 0.05) is 0 Å². The topological polar surface area (TPSA) is 0 Å². The Kier molecular flexibility index (Phi) is 5.35. The molecule has 4 rings (SSSR count). The molecular weight excluding hydrogens is 331 g/mol.